The third kappa shape index (κ3) is 3.28. The highest BCUT2D eigenvalue weighted by Gasteiger charge is 2.48. The van der Waals surface area contributed by atoms with Gasteiger partial charge in [0.25, 0.3) is 5.56 Å². The summed E-state index contributed by atoms with van der Waals surface area (Å²) in [5, 5.41) is 5.28. The number of morpholine rings is 1. The van der Waals surface area contributed by atoms with E-state index in [1.54, 1.807) is 11.7 Å². The first kappa shape index (κ1) is 20.5. The molecule has 3 aliphatic heterocycles. The Morgan fingerprint density at radius 1 is 1.24 bits per heavy atom. The molecule has 0 spiro atoms. The van der Waals surface area contributed by atoms with Crippen molar-refractivity contribution in [3.63, 3.8) is 0 Å². The maximum atomic E-state index is 14.1. The van der Waals surface area contributed by atoms with Gasteiger partial charge >= 0.3 is 6.18 Å². The number of anilines is 2. The minimum Gasteiger partial charge on any atom is -0.374 e. The lowest BCUT2D eigenvalue weighted by atomic mass is 10.1. The van der Waals surface area contributed by atoms with Gasteiger partial charge in [-0.15, -0.1) is 0 Å². The van der Waals surface area contributed by atoms with E-state index in [4.69, 9.17) is 4.74 Å². The minimum absolute atomic E-state index is 0.0275. The zero-order valence-electron chi connectivity index (χ0n) is 18.0. The number of alkyl halides is 3. The monoisotopic (exact) mass is 460 g/mol. The molecule has 0 unspecified atom stereocenters. The van der Waals surface area contributed by atoms with Crippen LogP contribution in [0.2, 0.25) is 0 Å². The van der Waals surface area contributed by atoms with Crippen LogP contribution in [0.15, 0.2) is 35.1 Å². The fourth-order valence-electron chi connectivity index (χ4n) is 5.37. The summed E-state index contributed by atoms with van der Waals surface area (Å²) in [5.74, 6) is 0.463. The second kappa shape index (κ2) is 7.21. The number of aromatic nitrogens is 4. The van der Waals surface area contributed by atoms with Crippen LogP contribution in [0.4, 0.5) is 24.9 Å². The lowest BCUT2D eigenvalue weighted by Crippen LogP contribution is -2.52. The van der Waals surface area contributed by atoms with Gasteiger partial charge in [0.05, 0.1) is 36.5 Å². The smallest absolute Gasteiger partial charge is 0.374 e. The highest BCUT2D eigenvalue weighted by molar-refractivity contribution is 5.82. The van der Waals surface area contributed by atoms with E-state index in [0.29, 0.717) is 24.7 Å². The molecular weight excluding hydrogens is 437 g/mol. The standard InChI is InChI=1S/C22H23F3N6O2/c1-28-17-5-3-2-4-15(17)16(27-28)11-31-18(22(23,24)25)6-7-29-20(32)9-19(26-21(29)31)30-10-14-8-13(30)12-33-14/h2-5,9,13-14,18H,6-8,10-12H2,1H3/t13-,14-,18-/m0/s1. The molecular formula is C22H23F3N6O2. The molecule has 0 saturated carbocycles. The highest BCUT2D eigenvalue weighted by atomic mass is 19.4. The Balaban J connectivity index is 1.46. The number of rotatable bonds is 3. The zero-order valence-corrected chi connectivity index (χ0v) is 18.0. The minimum atomic E-state index is -4.47. The van der Waals surface area contributed by atoms with Crippen LogP contribution in [-0.4, -0.2) is 56.8 Å². The second-order valence-corrected chi connectivity index (χ2v) is 8.96. The van der Waals surface area contributed by atoms with Gasteiger partial charge in [0.2, 0.25) is 5.95 Å². The van der Waals surface area contributed by atoms with Gasteiger partial charge in [-0.2, -0.15) is 23.3 Å². The number of hydrogen-bond acceptors (Lipinski definition) is 6. The summed E-state index contributed by atoms with van der Waals surface area (Å²) in [7, 11) is 1.77. The van der Waals surface area contributed by atoms with Gasteiger partial charge in [0, 0.05) is 31.6 Å². The molecule has 3 atom stereocenters. The Kier molecular flexibility index (Phi) is 4.48. The van der Waals surface area contributed by atoms with Crippen LogP contribution in [-0.2, 0) is 24.9 Å². The molecule has 11 heteroatoms. The maximum absolute atomic E-state index is 14.1. The topological polar surface area (TPSA) is 68.4 Å². The van der Waals surface area contributed by atoms with E-state index in [1.165, 1.54) is 15.5 Å². The molecule has 2 bridgehead atoms. The number of nitrogens with zero attached hydrogens (tertiary/aromatic N) is 6. The van der Waals surface area contributed by atoms with E-state index in [0.717, 1.165) is 17.3 Å². The summed E-state index contributed by atoms with van der Waals surface area (Å²) in [4.78, 5) is 20.8. The number of aryl methyl sites for hydroxylation is 1. The van der Waals surface area contributed by atoms with E-state index in [2.05, 4.69) is 10.1 Å². The molecule has 5 heterocycles. The van der Waals surface area contributed by atoms with E-state index in [-0.39, 0.29) is 43.2 Å². The summed E-state index contributed by atoms with van der Waals surface area (Å²) < 4.78 is 51.0. The number of fused-ring (bicyclic) bond motifs is 4. The molecule has 0 aliphatic carbocycles. The molecule has 2 fully saturated rings. The van der Waals surface area contributed by atoms with Crippen LogP contribution in [0.25, 0.3) is 10.9 Å². The summed E-state index contributed by atoms with van der Waals surface area (Å²) >= 11 is 0. The molecule has 174 valence electrons. The van der Waals surface area contributed by atoms with Crippen molar-refractivity contribution in [2.24, 2.45) is 7.05 Å². The number of para-hydroxylation sites is 1. The number of benzene rings is 1. The summed E-state index contributed by atoms with van der Waals surface area (Å²) in [6.07, 6.45) is -3.77. The Morgan fingerprint density at radius 3 is 2.79 bits per heavy atom. The molecule has 0 radical (unpaired) electrons. The van der Waals surface area contributed by atoms with Crippen molar-refractivity contribution >= 4 is 22.7 Å². The van der Waals surface area contributed by atoms with E-state index in [9.17, 15) is 18.0 Å². The summed E-state index contributed by atoms with van der Waals surface area (Å²) in [6, 6.07) is 7.21. The number of hydrogen-bond donors (Lipinski definition) is 0. The van der Waals surface area contributed by atoms with Crippen molar-refractivity contribution in [1.82, 2.24) is 19.3 Å². The van der Waals surface area contributed by atoms with Crippen molar-refractivity contribution in [3.8, 4) is 0 Å². The van der Waals surface area contributed by atoms with Crippen LogP contribution in [0.3, 0.4) is 0 Å². The quantitative estimate of drug-likeness (QED) is 0.598. The predicted molar refractivity (Wildman–Crippen MR) is 115 cm³/mol. The molecule has 6 rings (SSSR count). The predicted octanol–water partition coefficient (Wildman–Crippen LogP) is 2.45. The van der Waals surface area contributed by atoms with E-state index in [1.807, 2.05) is 29.2 Å². The van der Waals surface area contributed by atoms with E-state index < -0.39 is 12.2 Å². The average Bonchev–Trinajstić information content (AvgIpc) is 3.49. The van der Waals surface area contributed by atoms with Gasteiger partial charge in [0.1, 0.15) is 11.9 Å². The Morgan fingerprint density at radius 2 is 2.06 bits per heavy atom. The van der Waals surface area contributed by atoms with Crippen LogP contribution in [0.5, 0.6) is 0 Å². The van der Waals surface area contributed by atoms with Crippen LogP contribution in [0.1, 0.15) is 18.5 Å². The third-order valence-electron chi connectivity index (χ3n) is 6.96. The lowest BCUT2D eigenvalue weighted by molar-refractivity contribution is -0.153. The van der Waals surface area contributed by atoms with Gasteiger partial charge in [-0.1, -0.05) is 18.2 Å². The first-order valence-corrected chi connectivity index (χ1v) is 11.0. The SMILES string of the molecule is Cn1nc(CN2c3nc(N4C[C@@H]5C[C@H]4CO5)cc(=O)n3CC[C@H]2C(F)(F)F)c2ccccc21. The molecule has 1 aromatic carbocycles. The number of halogens is 3. The fourth-order valence-corrected chi connectivity index (χ4v) is 5.37. The Bertz CT molecular complexity index is 1290. The van der Waals surface area contributed by atoms with Crippen molar-refractivity contribution in [2.75, 3.05) is 23.0 Å². The van der Waals surface area contributed by atoms with Crippen molar-refractivity contribution in [2.45, 2.75) is 50.3 Å². The van der Waals surface area contributed by atoms with Crippen LogP contribution in [0, 0.1) is 0 Å². The van der Waals surface area contributed by atoms with Crippen LogP contribution < -0.4 is 15.4 Å². The molecule has 8 nitrogen and oxygen atoms in total. The first-order chi connectivity index (χ1) is 15.8. The molecule has 33 heavy (non-hydrogen) atoms. The summed E-state index contributed by atoms with van der Waals surface area (Å²) in [6.45, 7) is 1.00. The second-order valence-electron chi connectivity index (χ2n) is 8.96. The zero-order chi connectivity index (χ0) is 22.9. The van der Waals surface area contributed by atoms with Crippen molar-refractivity contribution in [3.05, 3.63) is 46.4 Å². The molecule has 2 aromatic heterocycles. The Labute approximate surface area is 187 Å². The van der Waals surface area contributed by atoms with Crippen LogP contribution >= 0.6 is 0 Å². The number of ether oxygens (including phenoxy) is 1. The van der Waals surface area contributed by atoms with E-state index >= 15 is 0 Å². The van der Waals surface area contributed by atoms with Gasteiger partial charge in [-0.05, 0) is 18.9 Å². The third-order valence-corrected chi connectivity index (χ3v) is 6.96. The molecule has 3 aromatic rings. The van der Waals surface area contributed by atoms with Gasteiger partial charge in [-0.3, -0.25) is 14.0 Å². The molecule has 3 aliphatic rings. The van der Waals surface area contributed by atoms with Gasteiger partial charge in [0.15, 0.2) is 0 Å². The van der Waals surface area contributed by atoms with Crippen molar-refractivity contribution < 1.29 is 17.9 Å². The molecule has 0 N–H and O–H groups in total. The Hall–Kier alpha value is -3.08. The average molecular weight is 460 g/mol. The maximum Gasteiger partial charge on any atom is 0.408 e. The highest BCUT2D eigenvalue weighted by Crippen LogP contribution is 2.37. The normalized spacial score (nSPS) is 24.7. The first-order valence-electron chi connectivity index (χ1n) is 11.0. The fraction of sp³-hybridized carbons (Fsp3) is 0.500. The van der Waals surface area contributed by atoms with Gasteiger partial charge in [-0.25, -0.2) is 0 Å². The largest absolute Gasteiger partial charge is 0.408 e. The summed E-state index contributed by atoms with van der Waals surface area (Å²) in [5.41, 5.74) is 1.01. The molecule has 2 saturated heterocycles. The van der Waals surface area contributed by atoms with Gasteiger partial charge < -0.3 is 14.5 Å². The van der Waals surface area contributed by atoms with Crippen molar-refractivity contribution in [1.29, 1.82) is 0 Å². The lowest BCUT2D eigenvalue weighted by Gasteiger charge is -2.39. The molecule has 0 amide bonds.